The van der Waals surface area contributed by atoms with Crippen LogP contribution in [0.5, 0.6) is 0 Å². The SMILES string of the molecule is CCn1c(-c2cnc(C)nc2)nc2c(N[C@@H](C(=O)N3C[C@@H](C)O[C@@H](C)C3)C3CC3)ncnc21. The Morgan fingerprint density at radius 2 is 1.85 bits per heavy atom. The van der Waals surface area contributed by atoms with Crippen molar-refractivity contribution < 1.29 is 9.53 Å². The van der Waals surface area contributed by atoms with Crippen molar-refractivity contribution in [1.29, 1.82) is 0 Å². The highest BCUT2D eigenvalue weighted by atomic mass is 16.5. The van der Waals surface area contributed by atoms with Crippen molar-refractivity contribution in [3.8, 4) is 11.4 Å². The van der Waals surface area contributed by atoms with Gasteiger partial charge in [0.05, 0.1) is 17.8 Å². The molecule has 3 aromatic heterocycles. The number of anilines is 1. The topological polar surface area (TPSA) is 111 Å². The van der Waals surface area contributed by atoms with E-state index < -0.39 is 0 Å². The highest BCUT2D eigenvalue weighted by Gasteiger charge is 2.40. The maximum atomic E-state index is 13.5. The van der Waals surface area contributed by atoms with Crippen molar-refractivity contribution in [2.24, 2.45) is 5.92 Å². The molecule has 174 valence electrons. The van der Waals surface area contributed by atoms with Gasteiger partial charge in [-0.3, -0.25) is 4.79 Å². The van der Waals surface area contributed by atoms with E-state index in [2.05, 4.69) is 25.3 Å². The van der Waals surface area contributed by atoms with Gasteiger partial charge in [-0.15, -0.1) is 0 Å². The first-order valence-corrected chi connectivity index (χ1v) is 11.7. The second-order valence-electron chi connectivity index (χ2n) is 9.05. The van der Waals surface area contributed by atoms with Gasteiger partial charge in [0.1, 0.15) is 24.0 Å². The molecule has 33 heavy (non-hydrogen) atoms. The minimum atomic E-state index is -0.335. The molecule has 0 bridgehead atoms. The number of aryl methyl sites for hydroxylation is 2. The van der Waals surface area contributed by atoms with Crippen LogP contribution in [0.25, 0.3) is 22.6 Å². The Morgan fingerprint density at radius 1 is 1.15 bits per heavy atom. The zero-order chi connectivity index (χ0) is 23.1. The highest BCUT2D eigenvalue weighted by molar-refractivity contribution is 5.91. The van der Waals surface area contributed by atoms with Gasteiger partial charge in [0.2, 0.25) is 5.91 Å². The van der Waals surface area contributed by atoms with Crippen LogP contribution in [-0.2, 0) is 16.1 Å². The number of aromatic nitrogens is 6. The molecule has 1 aliphatic heterocycles. The Kier molecular flexibility index (Phi) is 5.69. The van der Waals surface area contributed by atoms with Gasteiger partial charge >= 0.3 is 0 Å². The number of hydrogen-bond donors (Lipinski definition) is 1. The minimum Gasteiger partial charge on any atom is -0.372 e. The second-order valence-corrected chi connectivity index (χ2v) is 9.05. The maximum absolute atomic E-state index is 13.5. The molecule has 5 rings (SSSR count). The molecule has 0 spiro atoms. The molecule has 2 aliphatic rings. The summed E-state index contributed by atoms with van der Waals surface area (Å²) < 4.78 is 7.84. The molecule has 0 unspecified atom stereocenters. The van der Waals surface area contributed by atoms with E-state index in [0.29, 0.717) is 42.7 Å². The molecular weight excluding hydrogens is 420 g/mol. The van der Waals surface area contributed by atoms with Gasteiger partial charge in [0.25, 0.3) is 0 Å². The fourth-order valence-corrected chi connectivity index (χ4v) is 4.58. The summed E-state index contributed by atoms with van der Waals surface area (Å²) in [5, 5.41) is 3.45. The molecule has 1 aliphatic carbocycles. The molecule has 1 saturated heterocycles. The first-order valence-electron chi connectivity index (χ1n) is 11.7. The fraction of sp³-hybridized carbons (Fsp3) is 0.565. The molecule has 10 heteroatoms. The van der Waals surface area contributed by atoms with Crippen molar-refractivity contribution in [2.75, 3.05) is 18.4 Å². The third-order valence-corrected chi connectivity index (χ3v) is 6.27. The van der Waals surface area contributed by atoms with E-state index in [1.165, 1.54) is 6.33 Å². The van der Waals surface area contributed by atoms with Crippen LogP contribution < -0.4 is 5.32 Å². The standard InChI is InChI=1S/C23H30N8O2/c1-5-31-21(17-8-24-15(4)25-9-17)29-19-20(26-12-27-22(19)31)28-18(16-6-7-16)23(32)30-10-13(2)33-14(3)11-30/h8-9,12-14,16,18H,5-7,10-11H2,1-4H3,(H,26,27,28)/t13-,14+,18-/m1/s1. The van der Waals surface area contributed by atoms with Gasteiger partial charge in [-0.1, -0.05) is 0 Å². The smallest absolute Gasteiger partial charge is 0.245 e. The number of ether oxygens (including phenoxy) is 1. The van der Waals surface area contributed by atoms with Crippen molar-refractivity contribution in [2.45, 2.75) is 65.3 Å². The fourth-order valence-electron chi connectivity index (χ4n) is 4.58. The predicted octanol–water partition coefficient (Wildman–Crippen LogP) is 2.44. The van der Waals surface area contributed by atoms with Crippen LogP contribution in [0, 0.1) is 12.8 Å². The van der Waals surface area contributed by atoms with E-state index >= 15 is 0 Å². The average molecular weight is 451 g/mol. The summed E-state index contributed by atoms with van der Waals surface area (Å²) in [6.07, 6.45) is 7.19. The Labute approximate surface area is 192 Å². The zero-order valence-electron chi connectivity index (χ0n) is 19.5. The number of nitrogens with zero attached hydrogens (tertiary/aromatic N) is 7. The van der Waals surface area contributed by atoms with Crippen LogP contribution in [0.1, 0.15) is 39.4 Å². The number of morpholine rings is 1. The number of imidazole rings is 1. The Hall–Kier alpha value is -3.14. The maximum Gasteiger partial charge on any atom is 0.245 e. The van der Waals surface area contributed by atoms with Crippen molar-refractivity contribution >= 4 is 22.9 Å². The first kappa shape index (κ1) is 21.7. The summed E-state index contributed by atoms with van der Waals surface area (Å²) >= 11 is 0. The van der Waals surface area contributed by atoms with E-state index in [-0.39, 0.29) is 24.2 Å². The van der Waals surface area contributed by atoms with Gasteiger partial charge in [0.15, 0.2) is 17.0 Å². The van der Waals surface area contributed by atoms with Gasteiger partial charge in [-0.25, -0.2) is 24.9 Å². The van der Waals surface area contributed by atoms with Crippen LogP contribution in [0.4, 0.5) is 5.82 Å². The Morgan fingerprint density at radius 3 is 2.48 bits per heavy atom. The number of nitrogens with one attached hydrogen (secondary N) is 1. The summed E-state index contributed by atoms with van der Waals surface area (Å²) in [6.45, 7) is 9.82. The zero-order valence-corrected chi connectivity index (χ0v) is 19.5. The number of hydrogen-bond acceptors (Lipinski definition) is 8. The lowest BCUT2D eigenvalue weighted by Crippen LogP contribution is -2.53. The average Bonchev–Trinajstić information content (AvgIpc) is 3.56. The van der Waals surface area contributed by atoms with E-state index in [1.54, 1.807) is 12.4 Å². The normalized spacial score (nSPS) is 21.9. The van der Waals surface area contributed by atoms with Crippen LogP contribution in [0.15, 0.2) is 18.7 Å². The molecule has 1 saturated carbocycles. The largest absolute Gasteiger partial charge is 0.372 e. The van der Waals surface area contributed by atoms with Crippen molar-refractivity contribution in [3.63, 3.8) is 0 Å². The number of carbonyl (C=O) groups excluding carboxylic acids is 1. The van der Waals surface area contributed by atoms with Crippen molar-refractivity contribution in [1.82, 2.24) is 34.4 Å². The molecule has 1 amide bonds. The van der Waals surface area contributed by atoms with Crippen LogP contribution in [0.3, 0.4) is 0 Å². The number of amides is 1. The summed E-state index contributed by atoms with van der Waals surface area (Å²) in [5.41, 5.74) is 2.19. The minimum absolute atomic E-state index is 0.0304. The molecule has 1 N–H and O–H groups in total. The van der Waals surface area contributed by atoms with E-state index in [0.717, 1.165) is 29.9 Å². The van der Waals surface area contributed by atoms with Gasteiger partial charge in [0, 0.05) is 32.0 Å². The Balaban J connectivity index is 1.48. The van der Waals surface area contributed by atoms with E-state index in [1.807, 2.05) is 37.2 Å². The number of carbonyl (C=O) groups is 1. The summed E-state index contributed by atoms with van der Waals surface area (Å²) in [6, 6.07) is -0.335. The van der Waals surface area contributed by atoms with Gasteiger partial charge < -0.3 is 19.5 Å². The lowest BCUT2D eigenvalue weighted by molar-refractivity contribution is -0.144. The first-order chi connectivity index (χ1) is 15.9. The number of fused-ring (bicyclic) bond motifs is 1. The summed E-state index contributed by atoms with van der Waals surface area (Å²) in [5.74, 6) is 2.43. The lowest BCUT2D eigenvalue weighted by atomic mass is 10.1. The molecule has 0 radical (unpaired) electrons. The monoisotopic (exact) mass is 450 g/mol. The van der Waals surface area contributed by atoms with Crippen LogP contribution in [0.2, 0.25) is 0 Å². The lowest BCUT2D eigenvalue weighted by Gasteiger charge is -2.37. The van der Waals surface area contributed by atoms with Gasteiger partial charge in [-0.05, 0) is 46.5 Å². The van der Waals surface area contributed by atoms with E-state index in [4.69, 9.17) is 9.72 Å². The molecular formula is C23H30N8O2. The van der Waals surface area contributed by atoms with Crippen LogP contribution in [-0.4, -0.2) is 71.6 Å². The molecule has 0 aromatic carbocycles. The van der Waals surface area contributed by atoms with Crippen LogP contribution >= 0.6 is 0 Å². The summed E-state index contributed by atoms with van der Waals surface area (Å²) in [7, 11) is 0. The van der Waals surface area contributed by atoms with Crippen molar-refractivity contribution in [3.05, 3.63) is 24.5 Å². The molecule has 2 fully saturated rings. The predicted molar refractivity (Wildman–Crippen MR) is 123 cm³/mol. The summed E-state index contributed by atoms with van der Waals surface area (Å²) in [4.78, 5) is 37.9. The second kappa shape index (κ2) is 8.66. The highest BCUT2D eigenvalue weighted by Crippen LogP contribution is 2.36. The van der Waals surface area contributed by atoms with E-state index in [9.17, 15) is 4.79 Å². The van der Waals surface area contributed by atoms with Gasteiger partial charge in [-0.2, -0.15) is 0 Å². The molecule has 3 aromatic rings. The number of rotatable bonds is 6. The quantitative estimate of drug-likeness (QED) is 0.610. The Bertz CT molecular complexity index is 1150. The third-order valence-electron chi connectivity index (χ3n) is 6.27. The molecule has 10 nitrogen and oxygen atoms in total. The third kappa shape index (κ3) is 4.27. The molecule has 4 heterocycles. The molecule has 3 atom stereocenters.